The van der Waals surface area contributed by atoms with Crippen molar-refractivity contribution < 1.29 is 24.6 Å². The Morgan fingerprint density at radius 3 is 2.56 bits per heavy atom. The van der Waals surface area contributed by atoms with Gasteiger partial charge in [-0.25, -0.2) is 4.79 Å². The van der Waals surface area contributed by atoms with Gasteiger partial charge in [0.05, 0.1) is 18.2 Å². The third-order valence-electron chi connectivity index (χ3n) is 7.83. The number of carbonyl (C=O) groups is 3. The lowest BCUT2D eigenvalue weighted by Crippen LogP contribution is -2.43. The summed E-state index contributed by atoms with van der Waals surface area (Å²) in [4.78, 5) is 38.9. The molecule has 36 heavy (non-hydrogen) atoms. The fourth-order valence-corrected chi connectivity index (χ4v) is 6.29. The van der Waals surface area contributed by atoms with Crippen molar-refractivity contribution in [2.24, 2.45) is 0 Å². The molecule has 7 heteroatoms. The molecule has 0 bridgehead atoms. The zero-order valence-corrected chi connectivity index (χ0v) is 19.7. The topological polar surface area (TPSA) is 107 Å². The second kappa shape index (κ2) is 8.60. The highest BCUT2D eigenvalue weighted by Crippen LogP contribution is 2.45. The highest BCUT2D eigenvalue weighted by atomic mass is 16.4. The Labute approximate surface area is 208 Å². The maximum atomic E-state index is 13.6. The van der Waals surface area contributed by atoms with Crippen LogP contribution in [0.5, 0.6) is 0 Å². The van der Waals surface area contributed by atoms with Crippen molar-refractivity contribution >= 4 is 17.8 Å². The van der Waals surface area contributed by atoms with Gasteiger partial charge >= 0.3 is 11.9 Å². The van der Waals surface area contributed by atoms with Crippen LogP contribution in [0.3, 0.4) is 0 Å². The number of carboxylic acids is 2. The number of hydrogen-bond acceptors (Lipinski definition) is 4. The zero-order chi connectivity index (χ0) is 25.0. The second-order valence-corrected chi connectivity index (χ2v) is 9.84. The maximum absolute atomic E-state index is 13.6. The van der Waals surface area contributed by atoms with Crippen LogP contribution in [0.2, 0.25) is 0 Å². The molecule has 182 valence electrons. The molecule has 1 heterocycles. The van der Waals surface area contributed by atoms with Gasteiger partial charge in [0.2, 0.25) is 0 Å². The summed E-state index contributed by atoms with van der Waals surface area (Å²) in [5, 5.41) is 22.3. The van der Waals surface area contributed by atoms with Gasteiger partial charge in [0.1, 0.15) is 0 Å². The van der Waals surface area contributed by atoms with Crippen molar-refractivity contribution in [3.63, 3.8) is 0 Å². The first-order valence-corrected chi connectivity index (χ1v) is 12.3. The highest BCUT2D eigenvalue weighted by Gasteiger charge is 2.38. The Bertz CT molecular complexity index is 1430. The van der Waals surface area contributed by atoms with Crippen LogP contribution >= 0.6 is 0 Å². The quantitative estimate of drug-likeness (QED) is 0.394. The van der Waals surface area contributed by atoms with Crippen LogP contribution in [0.4, 0.5) is 0 Å². The van der Waals surface area contributed by atoms with Gasteiger partial charge in [-0.15, -0.1) is 0 Å². The fourth-order valence-electron chi connectivity index (χ4n) is 6.29. The number of carbonyl (C=O) groups excluding carboxylic acids is 1. The monoisotopic (exact) mass is 482 g/mol. The SMILES string of the molecule is O=C(O)CN1CCc2cc(C(=O)O)cc3c2[C@@H]1CC[C@H]3NC(=O)c1cccc2c1Cc1ccccc1-2. The molecule has 6 rings (SSSR count). The zero-order valence-electron chi connectivity index (χ0n) is 19.7. The summed E-state index contributed by atoms with van der Waals surface area (Å²) in [7, 11) is 0. The van der Waals surface area contributed by atoms with E-state index in [1.807, 2.05) is 35.2 Å². The van der Waals surface area contributed by atoms with Crippen LogP contribution in [0.25, 0.3) is 11.1 Å². The van der Waals surface area contributed by atoms with E-state index in [4.69, 9.17) is 0 Å². The number of fused-ring (bicyclic) bond motifs is 3. The van der Waals surface area contributed by atoms with Gasteiger partial charge in [-0.05, 0) is 82.8 Å². The first-order valence-electron chi connectivity index (χ1n) is 12.3. The Balaban J connectivity index is 1.35. The lowest BCUT2D eigenvalue weighted by molar-refractivity contribution is -0.139. The molecule has 3 aromatic carbocycles. The number of benzene rings is 3. The molecule has 2 atom stereocenters. The van der Waals surface area contributed by atoms with Gasteiger partial charge in [0.15, 0.2) is 0 Å². The van der Waals surface area contributed by atoms with Gasteiger partial charge in [-0.1, -0.05) is 36.4 Å². The van der Waals surface area contributed by atoms with Crippen molar-refractivity contribution in [1.82, 2.24) is 10.2 Å². The minimum absolute atomic E-state index is 0.0576. The van der Waals surface area contributed by atoms with Crippen molar-refractivity contribution in [2.45, 2.75) is 37.8 Å². The van der Waals surface area contributed by atoms with E-state index in [2.05, 4.69) is 17.4 Å². The third kappa shape index (κ3) is 3.67. The molecule has 0 spiro atoms. The Morgan fingerprint density at radius 2 is 1.75 bits per heavy atom. The Kier molecular flexibility index (Phi) is 5.38. The molecule has 0 unspecified atom stereocenters. The molecular weight excluding hydrogens is 456 g/mol. The van der Waals surface area contributed by atoms with Crippen LogP contribution in [0.1, 0.15) is 73.5 Å². The van der Waals surface area contributed by atoms with Crippen LogP contribution in [0.15, 0.2) is 54.6 Å². The van der Waals surface area contributed by atoms with Crippen molar-refractivity contribution in [1.29, 1.82) is 0 Å². The number of carboxylic acid groups (broad SMARTS) is 2. The van der Waals surface area contributed by atoms with E-state index in [0.717, 1.165) is 33.4 Å². The summed E-state index contributed by atoms with van der Waals surface area (Å²) in [6.45, 7) is 0.512. The number of aromatic carboxylic acids is 1. The lowest BCUT2D eigenvalue weighted by atomic mass is 9.77. The van der Waals surface area contributed by atoms with Crippen LogP contribution < -0.4 is 5.32 Å². The van der Waals surface area contributed by atoms with Crippen molar-refractivity contribution in [2.75, 3.05) is 13.1 Å². The molecule has 7 nitrogen and oxygen atoms in total. The van der Waals surface area contributed by atoms with E-state index in [1.165, 1.54) is 5.56 Å². The number of nitrogens with zero attached hydrogens (tertiary/aromatic N) is 1. The highest BCUT2D eigenvalue weighted by molar-refractivity contribution is 5.99. The normalized spacial score (nSPS) is 19.7. The first kappa shape index (κ1) is 22.5. The third-order valence-corrected chi connectivity index (χ3v) is 7.83. The average molecular weight is 483 g/mol. The van der Waals surface area contributed by atoms with Gasteiger partial charge in [-0.3, -0.25) is 14.5 Å². The average Bonchev–Trinajstić information content (AvgIpc) is 3.25. The summed E-state index contributed by atoms with van der Waals surface area (Å²) >= 11 is 0. The Hall–Kier alpha value is -3.97. The standard InChI is InChI=1S/C29H26N2O5/c32-26(33)15-31-11-10-17-12-18(29(35)36)14-23-24(8-9-25(31)27(17)23)30-28(34)21-7-3-6-20-19-5-2-1-4-16(19)13-22(20)21/h1-7,12,14,24-25H,8-11,13,15H2,(H,30,34)(H,32,33)(H,35,36)/t24-,25+/m1/s1. The molecule has 3 aromatic rings. The minimum Gasteiger partial charge on any atom is -0.480 e. The maximum Gasteiger partial charge on any atom is 0.335 e. The van der Waals surface area contributed by atoms with E-state index >= 15 is 0 Å². The second-order valence-electron chi connectivity index (χ2n) is 9.84. The van der Waals surface area contributed by atoms with Gasteiger partial charge < -0.3 is 15.5 Å². The van der Waals surface area contributed by atoms with E-state index in [1.54, 1.807) is 12.1 Å². The molecule has 0 radical (unpaired) electrons. The summed E-state index contributed by atoms with van der Waals surface area (Å²) in [5.41, 5.74) is 8.00. The number of rotatable bonds is 5. The lowest BCUT2D eigenvalue weighted by Gasteiger charge is -2.43. The predicted octanol–water partition coefficient (Wildman–Crippen LogP) is 4.20. The van der Waals surface area contributed by atoms with Gasteiger partial charge in [-0.2, -0.15) is 0 Å². The smallest absolute Gasteiger partial charge is 0.335 e. The molecule has 0 fully saturated rings. The van der Waals surface area contributed by atoms with E-state index in [9.17, 15) is 24.6 Å². The number of nitrogens with one attached hydrogen (secondary N) is 1. The molecule has 1 aliphatic heterocycles. The molecule has 1 amide bonds. The first-order chi connectivity index (χ1) is 17.4. The summed E-state index contributed by atoms with van der Waals surface area (Å²) in [6, 6.07) is 16.9. The van der Waals surface area contributed by atoms with E-state index in [0.29, 0.717) is 37.8 Å². The molecule has 2 aliphatic carbocycles. The summed E-state index contributed by atoms with van der Waals surface area (Å²) < 4.78 is 0. The van der Waals surface area contributed by atoms with Crippen LogP contribution in [-0.4, -0.2) is 46.0 Å². The predicted molar refractivity (Wildman–Crippen MR) is 133 cm³/mol. The van der Waals surface area contributed by atoms with E-state index in [-0.39, 0.29) is 30.1 Å². The molecule has 3 N–H and O–H groups in total. The largest absolute Gasteiger partial charge is 0.480 e. The molecular formula is C29H26N2O5. The number of hydrogen-bond donors (Lipinski definition) is 3. The van der Waals surface area contributed by atoms with Crippen LogP contribution in [-0.2, 0) is 17.6 Å². The minimum atomic E-state index is -1.01. The van der Waals surface area contributed by atoms with E-state index < -0.39 is 11.9 Å². The van der Waals surface area contributed by atoms with Crippen molar-refractivity contribution in [3.05, 3.63) is 93.5 Å². The van der Waals surface area contributed by atoms with Crippen molar-refractivity contribution in [3.8, 4) is 11.1 Å². The summed E-state index contributed by atoms with van der Waals surface area (Å²) in [5.74, 6) is -2.06. The Morgan fingerprint density at radius 1 is 0.944 bits per heavy atom. The van der Waals surface area contributed by atoms with Gasteiger partial charge in [0, 0.05) is 18.2 Å². The number of aliphatic carboxylic acids is 1. The number of amides is 1. The van der Waals surface area contributed by atoms with Gasteiger partial charge in [0.25, 0.3) is 5.91 Å². The molecule has 0 aromatic heterocycles. The molecule has 0 saturated heterocycles. The molecule has 3 aliphatic rings. The molecule has 0 saturated carbocycles. The fraction of sp³-hybridized carbons (Fsp3) is 0.276. The van der Waals surface area contributed by atoms with Crippen LogP contribution in [0, 0.1) is 0 Å². The summed E-state index contributed by atoms with van der Waals surface area (Å²) in [6.07, 6.45) is 2.59.